The lowest BCUT2D eigenvalue weighted by Gasteiger charge is -2.33. The first-order valence-corrected chi connectivity index (χ1v) is 4.63. The Labute approximate surface area is 75.1 Å². The van der Waals surface area contributed by atoms with E-state index in [2.05, 4.69) is 24.3 Å². The van der Waals surface area contributed by atoms with E-state index in [9.17, 15) is 0 Å². The van der Waals surface area contributed by atoms with E-state index < -0.39 is 0 Å². The van der Waals surface area contributed by atoms with Crippen LogP contribution in [0.1, 0.15) is 6.42 Å². The highest BCUT2D eigenvalue weighted by Gasteiger charge is 2.24. The third kappa shape index (κ3) is 2.73. The van der Waals surface area contributed by atoms with Gasteiger partial charge in [0.2, 0.25) is 0 Å². The Balaban J connectivity index is 2.36. The third-order valence-corrected chi connectivity index (χ3v) is 2.44. The zero-order valence-electron chi connectivity index (χ0n) is 8.34. The number of hydrogen-bond donors (Lipinski definition) is 1. The maximum Gasteiger partial charge on any atom is 0.0521 e. The van der Waals surface area contributed by atoms with Crippen molar-refractivity contribution < 1.29 is 4.74 Å². The summed E-state index contributed by atoms with van der Waals surface area (Å²) in [4.78, 5) is 2.23. The van der Waals surface area contributed by atoms with Crippen molar-refractivity contribution in [1.82, 2.24) is 10.2 Å². The van der Waals surface area contributed by atoms with Gasteiger partial charge in [0.1, 0.15) is 0 Å². The molecule has 2 atom stereocenters. The summed E-state index contributed by atoms with van der Waals surface area (Å²) < 4.78 is 5.45. The monoisotopic (exact) mass is 172 g/mol. The Morgan fingerprint density at radius 1 is 1.50 bits per heavy atom. The van der Waals surface area contributed by atoms with Gasteiger partial charge in [-0.2, -0.15) is 0 Å². The van der Waals surface area contributed by atoms with Gasteiger partial charge in [-0.3, -0.25) is 0 Å². The minimum absolute atomic E-state index is 0.640. The predicted molar refractivity (Wildman–Crippen MR) is 50.3 cm³/mol. The van der Waals surface area contributed by atoms with E-state index in [1.165, 1.54) is 0 Å². The Kier molecular flexibility index (Phi) is 3.98. The molecule has 72 valence electrons. The second-order valence-electron chi connectivity index (χ2n) is 3.78. The first-order valence-electron chi connectivity index (χ1n) is 4.63. The average Bonchev–Trinajstić information content (AvgIpc) is 2.04. The summed E-state index contributed by atoms with van der Waals surface area (Å²) in [6.45, 7) is 2.94. The largest absolute Gasteiger partial charge is 0.381 e. The number of rotatable bonds is 3. The Morgan fingerprint density at radius 3 is 2.83 bits per heavy atom. The highest BCUT2D eigenvalue weighted by molar-refractivity contribution is 4.79. The SMILES string of the molecule is CNC1CCOCC1CN(C)C. The molecule has 2 unspecified atom stereocenters. The highest BCUT2D eigenvalue weighted by atomic mass is 16.5. The van der Waals surface area contributed by atoms with Crippen LogP contribution in [0.2, 0.25) is 0 Å². The second-order valence-corrected chi connectivity index (χ2v) is 3.78. The topological polar surface area (TPSA) is 24.5 Å². The minimum atomic E-state index is 0.640. The molecule has 0 aromatic heterocycles. The van der Waals surface area contributed by atoms with Gasteiger partial charge in [0.05, 0.1) is 6.61 Å². The fourth-order valence-corrected chi connectivity index (χ4v) is 1.83. The van der Waals surface area contributed by atoms with Crippen LogP contribution < -0.4 is 5.32 Å². The molecule has 1 aliphatic rings. The lowest BCUT2D eigenvalue weighted by atomic mass is 9.95. The van der Waals surface area contributed by atoms with Gasteiger partial charge in [0.25, 0.3) is 0 Å². The van der Waals surface area contributed by atoms with Crippen molar-refractivity contribution in [3.63, 3.8) is 0 Å². The van der Waals surface area contributed by atoms with Gasteiger partial charge in [0, 0.05) is 25.1 Å². The van der Waals surface area contributed by atoms with E-state index in [-0.39, 0.29) is 0 Å². The molecule has 0 spiro atoms. The summed E-state index contributed by atoms with van der Waals surface area (Å²) in [6, 6.07) is 0.640. The number of nitrogens with one attached hydrogen (secondary N) is 1. The molecule has 0 saturated carbocycles. The van der Waals surface area contributed by atoms with Crippen LogP contribution in [0.4, 0.5) is 0 Å². The van der Waals surface area contributed by atoms with Crippen molar-refractivity contribution in [2.24, 2.45) is 5.92 Å². The van der Waals surface area contributed by atoms with E-state index in [1.807, 2.05) is 7.05 Å². The molecule has 1 aliphatic heterocycles. The van der Waals surface area contributed by atoms with Gasteiger partial charge in [-0.25, -0.2) is 0 Å². The second kappa shape index (κ2) is 4.80. The lowest BCUT2D eigenvalue weighted by molar-refractivity contribution is 0.0243. The van der Waals surface area contributed by atoms with Crippen LogP contribution in [0.3, 0.4) is 0 Å². The summed E-state index contributed by atoms with van der Waals surface area (Å²) in [6.07, 6.45) is 1.15. The Bertz CT molecular complexity index is 128. The summed E-state index contributed by atoms with van der Waals surface area (Å²) in [5, 5.41) is 3.35. The third-order valence-electron chi connectivity index (χ3n) is 2.44. The van der Waals surface area contributed by atoms with E-state index in [0.29, 0.717) is 12.0 Å². The maximum absolute atomic E-state index is 5.45. The van der Waals surface area contributed by atoms with Crippen molar-refractivity contribution in [2.45, 2.75) is 12.5 Å². The molecule has 1 N–H and O–H groups in total. The first-order chi connectivity index (χ1) is 5.74. The van der Waals surface area contributed by atoms with Crippen molar-refractivity contribution in [1.29, 1.82) is 0 Å². The molecule has 0 aromatic carbocycles. The molecule has 0 aliphatic carbocycles. The molecule has 1 fully saturated rings. The number of hydrogen-bond acceptors (Lipinski definition) is 3. The zero-order valence-corrected chi connectivity index (χ0v) is 8.34. The first kappa shape index (κ1) is 9.96. The highest BCUT2D eigenvalue weighted by Crippen LogP contribution is 2.14. The summed E-state index contributed by atoms with van der Waals surface area (Å²) in [5.41, 5.74) is 0. The molecule has 0 radical (unpaired) electrons. The van der Waals surface area contributed by atoms with Gasteiger partial charge in [-0.15, -0.1) is 0 Å². The minimum Gasteiger partial charge on any atom is -0.381 e. The van der Waals surface area contributed by atoms with Gasteiger partial charge >= 0.3 is 0 Å². The Morgan fingerprint density at radius 2 is 2.25 bits per heavy atom. The van der Waals surface area contributed by atoms with Gasteiger partial charge < -0.3 is 15.0 Å². The maximum atomic E-state index is 5.45. The van der Waals surface area contributed by atoms with Crippen LogP contribution >= 0.6 is 0 Å². The normalized spacial score (nSPS) is 31.0. The lowest BCUT2D eigenvalue weighted by Crippen LogP contribution is -2.45. The molecule has 3 heteroatoms. The Hall–Kier alpha value is -0.120. The van der Waals surface area contributed by atoms with Crippen molar-refractivity contribution >= 4 is 0 Å². The molecule has 1 rings (SSSR count). The van der Waals surface area contributed by atoms with Gasteiger partial charge in [-0.1, -0.05) is 0 Å². The van der Waals surface area contributed by atoms with Gasteiger partial charge in [0.15, 0.2) is 0 Å². The van der Waals surface area contributed by atoms with E-state index in [1.54, 1.807) is 0 Å². The molecule has 3 nitrogen and oxygen atoms in total. The van der Waals surface area contributed by atoms with Crippen LogP contribution in [0.25, 0.3) is 0 Å². The van der Waals surface area contributed by atoms with Crippen molar-refractivity contribution in [3.05, 3.63) is 0 Å². The molecular formula is C9H20N2O. The number of nitrogens with zero attached hydrogens (tertiary/aromatic N) is 1. The fourth-order valence-electron chi connectivity index (χ4n) is 1.83. The summed E-state index contributed by atoms with van der Waals surface area (Å²) in [7, 11) is 6.27. The standard InChI is InChI=1S/C9H20N2O/c1-10-9-4-5-12-7-8(9)6-11(2)3/h8-10H,4-7H2,1-3H3. The summed E-state index contributed by atoms with van der Waals surface area (Å²) >= 11 is 0. The van der Waals surface area contributed by atoms with Crippen LogP contribution in [0, 0.1) is 5.92 Å². The van der Waals surface area contributed by atoms with Crippen LogP contribution in [-0.2, 0) is 4.74 Å². The number of ether oxygens (including phenoxy) is 1. The smallest absolute Gasteiger partial charge is 0.0521 e. The molecule has 0 amide bonds. The molecular weight excluding hydrogens is 152 g/mol. The van der Waals surface area contributed by atoms with E-state index >= 15 is 0 Å². The van der Waals surface area contributed by atoms with E-state index in [0.717, 1.165) is 26.2 Å². The van der Waals surface area contributed by atoms with Crippen LogP contribution in [0.15, 0.2) is 0 Å². The molecule has 0 bridgehead atoms. The average molecular weight is 172 g/mol. The zero-order chi connectivity index (χ0) is 8.97. The van der Waals surface area contributed by atoms with Crippen LogP contribution in [-0.4, -0.2) is 51.8 Å². The quantitative estimate of drug-likeness (QED) is 0.657. The molecule has 1 heterocycles. The molecule has 1 saturated heterocycles. The predicted octanol–water partition coefficient (Wildman–Crippen LogP) is 0.173. The van der Waals surface area contributed by atoms with Crippen molar-refractivity contribution in [3.8, 4) is 0 Å². The van der Waals surface area contributed by atoms with Gasteiger partial charge in [-0.05, 0) is 27.6 Å². The fraction of sp³-hybridized carbons (Fsp3) is 1.00. The summed E-state index contributed by atoms with van der Waals surface area (Å²) in [5.74, 6) is 0.652. The van der Waals surface area contributed by atoms with Crippen molar-refractivity contribution in [2.75, 3.05) is 40.9 Å². The molecule has 0 aromatic rings. The molecule has 12 heavy (non-hydrogen) atoms. The van der Waals surface area contributed by atoms with E-state index in [4.69, 9.17) is 4.74 Å². The van der Waals surface area contributed by atoms with Crippen LogP contribution in [0.5, 0.6) is 0 Å².